The molecule has 1 unspecified atom stereocenters. The molecule has 2 nitrogen and oxygen atoms in total. The van der Waals surface area contributed by atoms with Gasteiger partial charge in [-0.15, -0.1) is 0 Å². The van der Waals surface area contributed by atoms with Crippen LogP contribution in [0.3, 0.4) is 0 Å². The van der Waals surface area contributed by atoms with Crippen molar-refractivity contribution < 1.29 is 9.50 Å². The van der Waals surface area contributed by atoms with Crippen molar-refractivity contribution in [3.05, 3.63) is 35.1 Å². The van der Waals surface area contributed by atoms with Crippen molar-refractivity contribution >= 4 is 0 Å². The maximum absolute atomic E-state index is 13.1. The molecule has 0 radical (unpaired) electrons. The van der Waals surface area contributed by atoms with E-state index in [-0.39, 0.29) is 5.82 Å². The number of aryl methyl sites for hydroxylation is 1. The summed E-state index contributed by atoms with van der Waals surface area (Å²) in [7, 11) is 0. The van der Waals surface area contributed by atoms with Gasteiger partial charge in [-0.2, -0.15) is 0 Å². The molecular formula is C13H20FNO. The van der Waals surface area contributed by atoms with E-state index in [0.717, 1.165) is 18.7 Å². The van der Waals surface area contributed by atoms with Crippen molar-refractivity contribution in [3.8, 4) is 0 Å². The van der Waals surface area contributed by atoms with Crippen molar-refractivity contribution in [1.82, 2.24) is 4.90 Å². The van der Waals surface area contributed by atoms with Gasteiger partial charge in [0.15, 0.2) is 0 Å². The second kappa shape index (κ2) is 5.97. The Morgan fingerprint density at radius 2 is 1.94 bits per heavy atom. The molecule has 0 spiro atoms. The zero-order chi connectivity index (χ0) is 12.1. The lowest BCUT2D eigenvalue weighted by atomic mass is 10.1. The molecule has 1 N–H and O–H groups in total. The molecule has 0 saturated heterocycles. The van der Waals surface area contributed by atoms with Gasteiger partial charge in [0.2, 0.25) is 0 Å². The second-order valence-electron chi connectivity index (χ2n) is 4.01. The predicted octanol–water partition coefficient (Wildman–Crippen LogP) is 2.51. The molecule has 0 amide bonds. The van der Waals surface area contributed by atoms with Crippen LogP contribution in [0.5, 0.6) is 0 Å². The van der Waals surface area contributed by atoms with Crippen LogP contribution in [-0.2, 0) is 0 Å². The molecule has 0 aliphatic rings. The van der Waals surface area contributed by atoms with Crippen LogP contribution < -0.4 is 0 Å². The van der Waals surface area contributed by atoms with Gasteiger partial charge >= 0.3 is 0 Å². The van der Waals surface area contributed by atoms with Crippen molar-refractivity contribution in [2.75, 3.05) is 19.6 Å². The van der Waals surface area contributed by atoms with Crippen LogP contribution in [0.15, 0.2) is 18.2 Å². The fourth-order valence-corrected chi connectivity index (χ4v) is 1.71. The van der Waals surface area contributed by atoms with Gasteiger partial charge in [-0.1, -0.05) is 26.0 Å². The van der Waals surface area contributed by atoms with Gasteiger partial charge in [-0.3, -0.25) is 0 Å². The standard InChI is InChI=1S/C13H20FNO/c1-4-15(5-2)9-13(16)11-6-7-12(14)10(3)8-11/h6-8,13,16H,4-5,9H2,1-3H3. The van der Waals surface area contributed by atoms with Crippen molar-refractivity contribution in [1.29, 1.82) is 0 Å². The summed E-state index contributed by atoms with van der Waals surface area (Å²) < 4.78 is 13.1. The monoisotopic (exact) mass is 225 g/mol. The molecule has 0 aromatic heterocycles. The molecular weight excluding hydrogens is 205 g/mol. The number of aliphatic hydroxyl groups is 1. The SMILES string of the molecule is CCN(CC)CC(O)c1ccc(F)c(C)c1. The molecule has 3 heteroatoms. The highest BCUT2D eigenvalue weighted by Gasteiger charge is 2.12. The highest BCUT2D eigenvalue weighted by atomic mass is 19.1. The van der Waals surface area contributed by atoms with E-state index in [1.54, 1.807) is 19.1 Å². The normalized spacial score (nSPS) is 13.1. The average molecular weight is 225 g/mol. The van der Waals surface area contributed by atoms with Crippen LogP contribution in [0.1, 0.15) is 31.1 Å². The molecule has 1 rings (SSSR count). The van der Waals surface area contributed by atoms with Gasteiger partial charge in [0.1, 0.15) is 5.82 Å². The minimum Gasteiger partial charge on any atom is -0.387 e. The van der Waals surface area contributed by atoms with E-state index < -0.39 is 6.10 Å². The molecule has 0 fully saturated rings. The molecule has 0 aliphatic heterocycles. The summed E-state index contributed by atoms with van der Waals surface area (Å²) >= 11 is 0. The van der Waals surface area contributed by atoms with Crippen LogP contribution in [0.2, 0.25) is 0 Å². The topological polar surface area (TPSA) is 23.5 Å². The van der Waals surface area contributed by atoms with Crippen molar-refractivity contribution in [3.63, 3.8) is 0 Å². The molecule has 1 atom stereocenters. The lowest BCUT2D eigenvalue weighted by Crippen LogP contribution is -2.28. The van der Waals surface area contributed by atoms with E-state index >= 15 is 0 Å². The third-order valence-electron chi connectivity index (χ3n) is 2.89. The highest BCUT2D eigenvalue weighted by Crippen LogP contribution is 2.17. The molecule has 0 heterocycles. The van der Waals surface area contributed by atoms with Gasteiger partial charge < -0.3 is 10.0 Å². The third kappa shape index (κ3) is 3.29. The number of aliphatic hydroxyl groups excluding tert-OH is 1. The largest absolute Gasteiger partial charge is 0.387 e. The smallest absolute Gasteiger partial charge is 0.126 e. The first kappa shape index (κ1) is 13.1. The number of halogens is 1. The summed E-state index contributed by atoms with van der Waals surface area (Å²) in [6.07, 6.45) is -0.542. The maximum Gasteiger partial charge on any atom is 0.126 e. The fourth-order valence-electron chi connectivity index (χ4n) is 1.71. The average Bonchev–Trinajstić information content (AvgIpc) is 2.29. The molecule has 1 aromatic rings. The summed E-state index contributed by atoms with van der Waals surface area (Å²) in [5.41, 5.74) is 1.36. The first-order valence-electron chi connectivity index (χ1n) is 5.75. The molecule has 0 aliphatic carbocycles. The van der Waals surface area contributed by atoms with Crippen LogP contribution in [0, 0.1) is 12.7 Å². The predicted molar refractivity (Wildman–Crippen MR) is 63.9 cm³/mol. The van der Waals surface area contributed by atoms with Crippen LogP contribution in [-0.4, -0.2) is 29.6 Å². The van der Waals surface area contributed by atoms with Gasteiger partial charge in [-0.05, 0) is 37.2 Å². The Labute approximate surface area is 96.7 Å². The van der Waals surface area contributed by atoms with Gasteiger partial charge in [-0.25, -0.2) is 4.39 Å². The van der Waals surface area contributed by atoms with Crippen LogP contribution >= 0.6 is 0 Å². The zero-order valence-electron chi connectivity index (χ0n) is 10.2. The first-order valence-corrected chi connectivity index (χ1v) is 5.75. The second-order valence-corrected chi connectivity index (χ2v) is 4.01. The zero-order valence-corrected chi connectivity index (χ0v) is 10.2. The highest BCUT2D eigenvalue weighted by molar-refractivity contribution is 5.25. The van der Waals surface area contributed by atoms with Crippen molar-refractivity contribution in [2.45, 2.75) is 26.9 Å². The lowest BCUT2D eigenvalue weighted by molar-refractivity contribution is 0.119. The summed E-state index contributed by atoms with van der Waals surface area (Å²) in [4.78, 5) is 2.14. The Hall–Kier alpha value is -0.930. The van der Waals surface area contributed by atoms with E-state index in [0.29, 0.717) is 12.1 Å². The number of likely N-dealkylation sites (N-methyl/N-ethyl adjacent to an activating group) is 1. The van der Waals surface area contributed by atoms with Crippen LogP contribution in [0.25, 0.3) is 0 Å². The third-order valence-corrected chi connectivity index (χ3v) is 2.89. The van der Waals surface area contributed by atoms with Gasteiger partial charge in [0, 0.05) is 6.54 Å². The van der Waals surface area contributed by atoms with Crippen LogP contribution in [0.4, 0.5) is 4.39 Å². The van der Waals surface area contributed by atoms with Crippen molar-refractivity contribution in [2.24, 2.45) is 0 Å². The Bertz CT molecular complexity index is 337. The maximum atomic E-state index is 13.1. The molecule has 16 heavy (non-hydrogen) atoms. The molecule has 1 aromatic carbocycles. The number of rotatable bonds is 5. The number of benzene rings is 1. The Kier molecular flexibility index (Phi) is 4.90. The molecule has 0 saturated carbocycles. The van der Waals surface area contributed by atoms with Gasteiger partial charge in [0.25, 0.3) is 0 Å². The summed E-state index contributed by atoms with van der Waals surface area (Å²) in [6.45, 7) is 8.25. The van der Waals surface area contributed by atoms with E-state index in [4.69, 9.17) is 0 Å². The Morgan fingerprint density at radius 1 is 1.31 bits per heavy atom. The number of hydrogen-bond acceptors (Lipinski definition) is 2. The summed E-state index contributed by atoms with van der Waals surface area (Å²) in [5, 5.41) is 10.0. The van der Waals surface area contributed by atoms with E-state index in [9.17, 15) is 9.50 Å². The van der Waals surface area contributed by atoms with E-state index in [1.807, 2.05) is 0 Å². The molecule has 90 valence electrons. The molecule has 0 bridgehead atoms. The lowest BCUT2D eigenvalue weighted by Gasteiger charge is -2.22. The minimum atomic E-state index is -0.542. The Morgan fingerprint density at radius 3 is 2.44 bits per heavy atom. The first-order chi connectivity index (χ1) is 7.58. The number of nitrogens with zero attached hydrogens (tertiary/aromatic N) is 1. The van der Waals surface area contributed by atoms with E-state index in [1.165, 1.54) is 6.07 Å². The summed E-state index contributed by atoms with van der Waals surface area (Å²) in [5.74, 6) is -0.223. The summed E-state index contributed by atoms with van der Waals surface area (Å²) in [6, 6.07) is 4.77. The minimum absolute atomic E-state index is 0.223. The van der Waals surface area contributed by atoms with E-state index in [2.05, 4.69) is 18.7 Å². The van der Waals surface area contributed by atoms with Gasteiger partial charge in [0.05, 0.1) is 6.10 Å². The fraction of sp³-hybridized carbons (Fsp3) is 0.538. The quantitative estimate of drug-likeness (QED) is 0.832. The Balaban J connectivity index is 2.72. The number of hydrogen-bond donors (Lipinski definition) is 1.